The van der Waals surface area contributed by atoms with E-state index in [9.17, 15) is 0 Å². The highest BCUT2D eigenvalue weighted by atomic mass is 14.7. The van der Waals surface area contributed by atoms with Gasteiger partial charge in [0.05, 0.1) is 11.0 Å². The predicted molar refractivity (Wildman–Crippen MR) is 92.0 cm³/mol. The van der Waals surface area contributed by atoms with Crippen molar-refractivity contribution in [3.63, 3.8) is 0 Å². The van der Waals surface area contributed by atoms with Crippen molar-refractivity contribution in [2.24, 2.45) is 0 Å². The van der Waals surface area contributed by atoms with Crippen LogP contribution in [0.2, 0.25) is 0 Å². The van der Waals surface area contributed by atoms with Crippen LogP contribution in [-0.4, -0.2) is 18.4 Å². The van der Waals surface area contributed by atoms with Gasteiger partial charge in [0.25, 0.3) is 0 Å². The van der Waals surface area contributed by atoms with Gasteiger partial charge in [0.15, 0.2) is 0 Å². The third kappa shape index (κ3) is 2.70. The molecular weight excluding hydrogens is 267 g/mol. The number of benzene rings is 2. The van der Waals surface area contributed by atoms with Crippen LogP contribution in [0, 0.1) is 0 Å². The smallest absolute Gasteiger partial charge is 0.0705 e. The van der Waals surface area contributed by atoms with Gasteiger partial charge in [-0.2, -0.15) is 0 Å². The molecule has 0 bridgehead atoms. The Hall–Kier alpha value is -2.68. The highest BCUT2D eigenvalue weighted by molar-refractivity contribution is 5.79. The minimum Gasteiger partial charge on any atom is -0.252 e. The lowest BCUT2D eigenvalue weighted by molar-refractivity contribution is 1.04. The summed E-state index contributed by atoms with van der Waals surface area (Å²) in [6.07, 6.45) is 0.760. The molecule has 0 N–H and O–H groups in total. The second kappa shape index (κ2) is 5.98. The molecule has 3 heteroatoms. The van der Waals surface area contributed by atoms with E-state index in [1.807, 2.05) is 36.4 Å². The Balaban J connectivity index is 0.00000144. The Morgan fingerprint density at radius 3 is 1.50 bits per heavy atom. The van der Waals surface area contributed by atoms with Crippen molar-refractivity contribution in [2.45, 2.75) is 6.42 Å². The Bertz CT molecular complexity index is 857. The minimum absolute atomic E-state index is 0. The highest BCUT2D eigenvalue weighted by Crippen LogP contribution is 2.16. The molecule has 103 valence electrons. The molecule has 4 rings (SSSR count). The molecule has 0 aliphatic heterocycles. The van der Waals surface area contributed by atoms with Crippen molar-refractivity contribution in [3.8, 4) is 0 Å². The molecule has 22 heavy (non-hydrogen) atoms. The van der Waals surface area contributed by atoms with Crippen molar-refractivity contribution >= 4 is 30.2 Å². The summed E-state index contributed by atoms with van der Waals surface area (Å²) in [6, 6.07) is 24.8. The summed E-state index contributed by atoms with van der Waals surface area (Å²) in [4.78, 5) is 9.42. The third-order valence-corrected chi connectivity index (χ3v) is 3.67. The van der Waals surface area contributed by atoms with Crippen LogP contribution in [0.5, 0.6) is 0 Å². The number of fused-ring (bicyclic) bond motifs is 2. The summed E-state index contributed by atoms with van der Waals surface area (Å²) in [5, 5.41) is 2.35. The third-order valence-electron chi connectivity index (χ3n) is 3.67. The summed E-state index contributed by atoms with van der Waals surface area (Å²) in [5.74, 6) is 0. The molecule has 0 unspecified atom stereocenters. The first kappa shape index (κ1) is 14.3. The molecule has 0 saturated carbocycles. The maximum absolute atomic E-state index is 4.71. The van der Waals surface area contributed by atoms with E-state index in [-0.39, 0.29) is 8.41 Å². The van der Waals surface area contributed by atoms with Gasteiger partial charge >= 0.3 is 0 Å². The van der Waals surface area contributed by atoms with Crippen LogP contribution in [0.1, 0.15) is 11.4 Å². The number of pyridine rings is 2. The minimum atomic E-state index is 0. The van der Waals surface area contributed by atoms with Crippen LogP contribution in [0.4, 0.5) is 0 Å². The molecule has 2 aromatic carbocycles. The summed E-state index contributed by atoms with van der Waals surface area (Å²) in [6.45, 7) is 0. The predicted octanol–water partition coefficient (Wildman–Crippen LogP) is 3.99. The van der Waals surface area contributed by atoms with Crippen molar-refractivity contribution in [3.05, 3.63) is 84.2 Å². The van der Waals surface area contributed by atoms with Crippen molar-refractivity contribution in [2.75, 3.05) is 0 Å². The Labute approximate surface area is 131 Å². The van der Waals surface area contributed by atoms with Gasteiger partial charge in [0.1, 0.15) is 0 Å². The standard InChI is InChI=1S/C19H14N2.B/c1-3-7-18-14(5-1)9-11-16(20-18)13-17-12-10-15-6-2-4-8-19(15)21-17;/h1-12H,13H2;. The lowest BCUT2D eigenvalue weighted by atomic mass is 10.1. The van der Waals surface area contributed by atoms with Crippen LogP contribution in [-0.2, 0) is 6.42 Å². The van der Waals surface area contributed by atoms with E-state index in [1.165, 1.54) is 10.8 Å². The summed E-state index contributed by atoms with van der Waals surface area (Å²) in [5.41, 5.74) is 4.18. The van der Waals surface area contributed by atoms with Crippen LogP contribution in [0.15, 0.2) is 72.8 Å². The van der Waals surface area contributed by atoms with Gasteiger partial charge in [-0.25, -0.2) is 0 Å². The van der Waals surface area contributed by atoms with Gasteiger partial charge in [-0.15, -0.1) is 0 Å². The van der Waals surface area contributed by atoms with Crippen LogP contribution in [0.25, 0.3) is 21.8 Å². The zero-order valence-corrected chi connectivity index (χ0v) is 12.1. The first-order valence-corrected chi connectivity index (χ1v) is 7.08. The summed E-state index contributed by atoms with van der Waals surface area (Å²) in [7, 11) is 0. The van der Waals surface area contributed by atoms with Crippen LogP contribution >= 0.6 is 0 Å². The molecule has 3 radical (unpaired) electrons. The molecule has 0 spiro atoms. The molecule has 2 aromatic heterocycles. The molecule has 2 nitrogen and oxygen atoms in total. The summed E-state index contributed by atoms with van der Waals surface area (Å²) < 4.78 is 0. The molecular formula is C19H14BN2. The topological polar surface area (TPSA) is 25.8 Å². The SMILES string of the molecule is [B].c1ccc2nc(Cc3ccc4ccccc4n3)ccc2c1. The van der Waals surface area contributed by atoms with Crippen molar-refractivity contribution in [1.29, 1.82) is 0 Å². The van der Waals surface area contributed by atoms with E-state index in [2.05, 4.69) is 36.4 Å². The van der Waals surface area contributed by atoms with E-state index in [0.29, 0.717) is 0 Å². The zero-order valence-electron chi connectivity index (χ0n) is 12.1. The molecule has 0 fully saturated rings. The average molecular weight is 281 g/mol. The van der Waals surface area contributed by atoms with Gasteiger partial charge < -0.3 is 0 Å². The van der Waals surface area contributed by atoms with Gasteiger partial charge in [-0.05, 0) is 24.3 Å². The van der Waals surface area contributed by atoms with Gasteiger partial charge in [0, 0.05) is 37.0 Å². The van der Waals surface area contributed by atoms with Gasteiger partial charge in [-0.1, -0.05) is 48.5 Å². The largest absolute Gasteiger partial charge is 0.252 e. The fourth-order valence-corrected chi connectivity index (χ4v) is 2.60. The lowest BCUT2D eigenvalue weighted by Gasteiger charge is -2.04. The lowest BCUT2D eigenvalue weighted by Crippen LogP contribution is -1.95. The van der Waals surface area contributed by atoms with Crippen molar-refractivity contribution in [1.82, 2.24) is 9.97 Å². The first-order valence-electron chi connectivity index (χ1n) is 7.08. The van der Waals surface area contributed by atoms with E-state index in [1.54, 1.807) is 0 Å². The van der Waals surface area contributed by atoms with E-state index in [0.717, 1.165) is 28.8 Å². The first-order chi connectivity index (χ1) is 10.4. The molecule has 0 aliphatic rings. The number of aromatic nitrogens is 2. The molecule has 0 saturated heterocycles. The number of hydrogen-bond acceptors (Lipinski definition) is 2. The normalized spacial score (nSPS) is 10.5. The number of rotatable bonds is 2. The van der Waals surface area contributed by atoms with Gasteiger partial charge in [-0.3, -0.25) is 9.97 Å². The van der Waals surface area contributed by atoms with E-state index < -0.39 is 0 Å². The number of hydrogen-bond donors (Lipinski definition) is 0. The second-order valence-electron chi connectivity index (χ2n) is 5.17. The summed E-state index contributed by atoms with van der Waals surface area (Å²) >= 11 is 0. The maximum atomic E-state index is 4.71. The molecule has 4 aromatic rings. The van der Waals surface area contributed by atoms with E-state index >= 15 is 0 Å². The second-order valence-corrected chi connectivity index (χ2v) is 5.17. The number of nitrogens with zero attached hydrogens (tertiary/aromatic N) is 2. The Morgan fingerprint density at radius 1 is 0.545 bits per heavy atom. The average Bonchev–Trinajstić information content (AvgIpc) is 2.55. The fraction of sp³-hybridized carbons (Fsp3) is 0.0526. The van der Waals surface area contributed by atoms with E-state index in [4.69, 9.17) is 9.97 Å². The fourth-order valence-electron chi connectivity index (χ4n) is 2.60. The van der Waals surface area contributed by atoms with Crippen LogP contribution < -0.4 is 0 Å². The monoisotopic (exact) mass is 281 g/mol. The molecule has 2 heterocycles. The van der Waals surface area contributed by atoms with Crippen LogP contribution in [0.3, 0.4) is 0 Å². The number of para-hydroxylation sites is 2. The molecule has 0 aliphatic carbocycles. The Kier molecular flexibility index (Phi) is 3.88. The molecule has 0 amide bonds. The highest BCUT2D eigenvalue weighted by Gasteiger charge is 2.02. The molecule has 0 atom stereocenters. The zero-order chi connectivity index (χ0) is 14.1. The maximum Gasteiger partial charge on any atom is 0.0705 e. The van der Waals surface area contributed by atoms with Gasteiger partial charge in [0.2, 0.25) is 0 Å². The Morgan fingerprint density at radius 2 is 1.00 bits per heavy atom. The van der Waals surface area contributed by atoms with Crippen molar-refractivity contribution < 1.29 is 0 Å². The quantitative estimate of drug-likeness (QED) is 0.519.